The molecule has 3 aliphatic rings. The van der Waals surface area contributed by atoms with Gasteiger partial charge in [0.2, 0.25) is 5.91 Å². The topological polar surface area (TPSA) is 29.1 Å². The summed E-state index contributed by atoms with van der Waals surface area (Å²) in [5.74, 6) is 3.33. The Bertz CT molecular complexity index is 319. The summed E-state index contributed by atoms with van der Waals surface area (Å²) in [7, 11) is 0. The number of nitrogens with one attached hydrogen (secondary N) is 1. The lowest BCUT2D eigenvalue weighted by Crippen LogP contribution is -2.42. The maximum absolute atomic E-state index is 12.4. The van der Waals surface area contributed by atoms with Crippen molar-refractivity contribution in [1.29, 1.82) is 0 Å². The van der Waals surface area contributed by atoms with Crippen molar-refractivity contribution in [3.63, 3.8) is 0 Å². The van der Waals surface area contributed by atoms with E-state index in [9.17, 15) is 4.79 Å². The van der Waals surface area contributed by atoms with Gasteiger partial charge in [-0.25, -0.2) is 0 Å². The van der Waals surface area contributed by atoms with Crippen LogP contribution in [-0.2, 0) is 4.79 Å². The SMILES string of the molecule is CC(NC(=O)C1CCCCCC1)C1CC2CCC1C2. The zero-order valence-corrected chi connectivity index (χ0v) is 12.4. The molecular formula is C17H29NO. The molecule has 3 rings (SSSR count). The van der Waals surface area contributed by atoms with Crippen LogP contribution in [0.25, 0.3) is 0 Å². The highest BCUT2D eigenvalue weighted by molar-refractivity contribution is 5.78. The number of amides is 1. The van der Waals surface area contributed by atoms with Crippen molar-refractivity contribution in [2.45, 2.75) is 77.2 Å². The molecule has 1 N–H and O–H groups in total. The fourth-order valence-corrected chi connectivity index (χ4v) is 4.90. The molecule has 0 saturated heterocycles. The first kappa shape index (κ1) is 13.5. The largest absolute Gasteiger partial charge is 0.353 e. The van der Waals surface area contributed by atoms with Crippen LogP contribution in [0, 0.1) is 23.7 Å². The van der Waals surface area contributed by atoms with Gasteiger partial charge in [-0.3, -0.25) is 4.79 Å². The van der Waals surface area contributed by atoms with Crippen LogP contribution in [0.5, 0.6) is 0 Å². The van der Waals surface area contributed by atoms with Gasteiger partial charge >= 0.3 is 0 Å². The maximum atomic E-state index is 12.4. The van der Waals surface area contributed by atoms with Crippen LogP contribution < -0.4 is 5.32 Å². The van der Waals surface area contributed by atoms with Crippen LogP contribution in [-0.4, -0.2) is 11.9 Å². The smallest absolute Gasteiger partial charge is 0.223 e. The second kappa shape index (κ2) is 5.85. The molecule has 0 aromatic heterocycles. The van der Waals surface area contributed by atoms with Crippen LogP contribution in [0.2, 0.25) is 0 Å². The molecule has 2 heteroatoms. The molecule has 3 aliphatic carbocycles. The molecular weight excluding hydrogens is 234 g/mol. The van der Waals surface area contributed by atoms with Crippen LogP contribution in [0.4, 0.5) is 0 Å². The predicted molar refractivity (Wildman–Crippen MR) is 77.7 cm³/mol. The van der Waals surface area contributed by atoms with Crippen LogP contribution >= 0.6 is 0 Å². The monoisotopic (exact) mass is 263 g/mol. The van der Waals surface area contributed by atoms with Crippen LogP contribution in [0.3, 0.4) is 0 Å². The summed E-state index contributed by atoms with van der Waals surface area (Å²) in [6.07, 6.45) is 13.1. The molecule has 0 aromatic carbocycles. The van der Waals surface area contributed by atoms with Gasteiger partial charge in [-0.05, 0) is 56.8 Å². The Balaban J connectivity index is 1.51. The van der Waals surface area contributed by atoms with E-state index in [4.69, 9.17) is 0 Å². The second-order valence-electron chi connectivity index (χ2n) is 7.32. The highest BCUT2D eigenvalue weighted by Gasteiger charge is 2.42. The van der Waals surface area contributed by atoms with Crippen LogP contribution in [0.1, 0.15) is 71.1 Å². The van der Waals surface area contributed by atoms with Gasteiger partial charge in [0.1, 0.15) is 0 Å². The summed E-state index contributed by atoms with van der Waals surface area (Å²) in [6.45, 7) is 2.25. The van der Waals surface area contributed by atoms with E-state index >= 15 is 0 Å². The number of rotatable bonds is 3. The minimum absolute atomic E-state index is 0.309. The molecule has 108 valence electrons. The normalized spacial score (nSPS) is 37.0. The summed E-state index contributed by atoms with van der Waals surface area (Å²) in [5.41, 5.74) is 0. The van der Waals surface area contributed by atoms with E-state index in [0.717, 1.165) is 30.6 Å². The molecule has 2 bridgehead atoms. The van der Waals surface area contributed by atoms with E-state index < -0.39 is 0 Å². The molecule has 0 aromatic rings. The number of hydrogen-bond acceptors (Lipinski definition) is 1. The molecule has 0 heterocycles. The van der Waals surface area contributed by atoms with E-state index in [2.05, 4.69) is 12.2 Å². The number of carbonyl (C=O) groups excluding carboxylic acids is 1. The van der Waals surface area contributed by atoms with Gasteiger partial charge in [-0.1, -0.05) is 32.1 Å². The highest BCUT2D eigenvalue weighted by Crippen LogP contribution is 2.49. The average molecular weight is 263 g/mol. The first-order chi connectivity index (χ1) is 9.24. The van der Waals surface area contributed by atoms with E-state index in [0.29, 0.717) is 17.9 Å². The first-order valence-electron chi connectivity index (χ1n) is 8.54. The van der Waals surface area contributed by atoms with Gasteiger partial charge in [0.25, 0.3) is 0 Å². The first-order valence-corrected chi connectivity index (χ1v) is 8.54. The lowest BCUT2D eigenvalue weighted by atomic mass is 9.83. The molecule has 2 nitrogen and oxygen atoms in total. The van der Waals surface area contributed by atoms with Crippen molar-refractivity contribution >= 4 is 5.91 Å². The Hall–Kier alpha value is -0.530. The summed E-state index contributed by atoms with van der Waals surface area (Å²) < 4.78 is 0. The average Bonchev–Trinajstić information content (AvgIpc) is 2.92. The highest BCUT2D eigenvalue weighted by atomic mass is 16.1. The molecule has 4 atom stereocenters. The van der Waals surface area contributed by atoms with E-state index in [1.807, 2.05) is 0 Å². The third-order valence-electron chi connectivity index (χ3n) is 6.03. The van der Waals surface area contributed by atoms with Gasteiger partial charge < -0.3 is 5.32 Å². The minimum atomic E-state index is 0.309. The zero-order chi connectivity index (χ0) is 13.2. The molecule has 0 spiro atoms. The Morgan fingerprint density at radius 2 is 1.74 bits per heavy atom. The molecule has 19 heavy (non-hydrogen) atoms. The van der Waals surface area contributed by atoms with Crippen molar-refractivity contribution in [3.8, 4) is 0 Å². The van der Waals surface area contributed by atoms with Gasteiger partial charge in [0.05, 0.1) is 0 Å². The van der Waals surface area contributed by atoms with Crippen molar-refractivity contribution in [1.82, 2.24) is 5.32 Å². The van der Waals surface area contributed by atoms with Crippen molar-refractivity contribution in [2.75, 3.05) is 0 Å². The Labute approximate surface area is 117 Å². The Morgan fingerprint density at radius 1 is 1.00 bits per heavy atom. The Morgan fingerprint density at radius 3 is 2.32 bits per heavy atom. The second-order valence-corrected chi connectivity index (χ2v) is 7.32. The van der Waals surface area contributed by atoms with Gasteiger partial charge in [0.15, 0.2) is 0 Å². The summed E-state index contributed by atoms with van der Waals surface area (Å²) in [5, 5.41) is 3.37. The minimum Gasteiger partial charge on any atom is -0.353 e. The van der Waals surface area contributed by atoms with E-state index in [1.54, 1.807) is 0 Å². The van der Waals surface area contributed by atoms with Crippen LogP contribution in [0.15, 0.2) is 0 Å². The van der Waals surface area contributed by atoms with Gasteiger partial charge in [-0.15, -0.1) is 0 Å². The number of hydrogen-bond donors (Lipinski definition) is 1. The number of fused-ring (bicyclic) bond motifs is 2. The van der Waals surface area contributed by atoms with Crippen molar-refractivity contribution < 1.29 is 4.79 Å². The number of carbonyl (C=O) groups is 1. The van der Waals surface area contributed by atoms with E-state index in [-0.39, 0.29) is 0 Å². The molecule has 1 amide bonds. The molecule has 3 saturated carbocycles. The van der Waals surface area contributed by atoms with Crippen molar-refractivity contribution in [3.05, 3.63) is 0 Å². The summed E-state index contributed by atoms with van der Waals surface area (Å²) in [6, 6.07) is 0.408. The molecule has 4 unspecified atom stereocenters. The third kappa shape index (κ3) is 2.98. The lowest BCUT2D eigenvalue weighted by Gasteiger charge is -2.29. The lowest BCUT2D eigenvalue weighted by molar-refractivity contribution is -0.126. The fraction of sp³-hybridized carbons (Fsp3) is 0.941. The maximum Gasteiger partial charge on any atom is 0.223 e. The van der Waals surface area contributed by atoms with E-state index in [1.165, 1.54) is 51.4 Å². The molecule has 3 fully saturated rings. The zero-order valence-electron chi connectivity index (χ0n) is 12.4. The van der Waals surface area contributed by atoms with Gasteiger partial charge in [-0.2, -0.15) is 0 Å². The summed E-state index contributed by atoms with van der Waals surface area (Å²) in [4.78, 5) is 12.4. The molecule has 0 radical (unpaired) electrons. The van der Waals surface area contributed by atoms with Gasteiger partial charge in [0, 0.05) is 12.0 Å². The van der Waals surface area contributed by atoms with Crippen molar-refractivity contribution in [2.24, 2.45) is 23.7 Å². The predicted octanol–water partition coefficient (Wildman–Crippen LogP) is 3.90. The summed E-state index contributed by atoms with van der Waals surface area (Å²) >= 11 is 0. The quantitative estimate of drug-likeness (QED) is 0.769. The third-order valence-corrected chi connectivity index (χ3v) is 6.03. The molecule has 0 aliphatic heterocycles. The fourth-order valence-electron chi connectivity index (χ4n) is 4.90. The standard InChI is InChI=1S/C17H29NO/c1-12(16-11-13-8-9-15(16)10-13)18-17(19)14-6-4-2-3-5-7-14/h12-16H,2-11H2,1H3,(H,18,19). The Kier molecular flexibility index (Phi) is 4.14.